The molecule has 0 saturated carbocycles. The van der Waals surface area contributed by atoms with E-state index in [-0.39, 0.29) is 17.0 Å². The highest BCUT2D eigenvalue weighted by Crippen LogP contribution is 2.44. The van der Waals surface area contributed by atoms with Gasteiger partial charge < -0.3 is 10.4 Å². The van der Waals surface area contributed by atoms with Gasteiger partial charge in [-0.15, -0.1) is 0 Å². The normalized spacial score (nSPS) is 20.5. The largest absolute Gasteiger partial charge is 0.384 e. The summed E-state index contributed by atoms with van der Waals surface area (Å²) in [5, 5.41) is 15.4. The number of aliphatic hydroxyl groups excluding tert-OH is 1. The van der Waals surface area contributed by atoms with E-state index in [1.165, 1.54) is 0 Å². The first-order valence-electron chi connectivity index (χ1n) is 7.88. The number of likely N-dealkylation sites (N-methyl/N-ethyl adjacent to an activating group) is 1. The second kappa shape index (κ2) is 7.97. The van der Waals surface area contributed by atoms with E-state index in [2.05, 4.69) is 26.1 Å². The molecule has 2 N–H and O–H groups in total. The Kier molecular flexibility index (Phi) is 6.45. The van der Waals surface area contributed by atoms with Gasteiger partial charge in [0.1, 0.15) is 12.3 Å². The van der Waals surface area contributed by atoms with Crippen molar-refractivity contribution in [2.75, 3.05) is 20.2 Å². The summed E-state index contributed by atoms with van der Waals surface area (Å²) in [4.78, 5) is 5.76. The Labute approximate surface area is 158 Å². The van der Waals surface area contributed by atoms with E-state index in [1.54, 1.807) is 11.8 Å². The summed E-state index contributed by atoms with van der Waals surface area (Å²) in [6.45, 7) is 6.80. The van der Waals surface area contributed by atoms with Crippen molar-refractivity contribution in [3.05, 3.63) is 40.0 Å². The first-order valence-corrected chi connectivity index (χ1v) is 9.48. The van der Waals surface area contributed by atoms with Gasteiger partial charge in [0.05, 0.1) is 6.54 Å². The number of hydrogen-bond acceptors (Lipinski definition) is 4. The van der Waals surface area contributed by atoms with Crippen LogP contribution in [0.15, 0.2) is 44.9 Å². The highest BCUT2D eigenvalue weighted by Gasteiger charge is 2.49. The summed E-state index contributed by atoms with van der Waals surface area (Å²) in [5.74, 6) is 0.879. The second-order valence-electron chi connectivity index (χ2n) is 5.77. The lowest BCUT2D eigenvalue weighted by molar-refractivity contribution is -0.692. The average molecular weight is 385 g/mol. The Balaban J connectivity index is 2.60. The molecule has 2 rings (SSSR count). The highest BCUT2D eigenvalue weighted by atomic mass is 35.5. The molecule has 1 aliphatic heterocycles. The summed E-state index contributed by atoms with van der Waals surface area (Å²) in [7, 11) is 1.81. The molecule has 0 radical (unpaired) electrons. The molecule has 1 aromatic carbocycles. The number of allylic oxidation sites excluding steroid dienone is 1. The molecule has 4 nitrogen and oxygen atoms in total. The van der Waals surface area contributed by atoms with Crippen molar-refractivity contribution < 1.29 is 9.59 Å². The fourth-order valence-corrected chi connectivity index (χ4v) is 4.82. The van der Waals surface area contributed by atoms with Crippen molar-refractivity contribution in [2.24, 2.45) is 10.9 Å². The van der Waals surface area contributed by atoms with E-state index >= 15 is 0 Å². The molecule has 0 saturated heterocycles. The number of thioether (sulfide) groups is 1. The highest BCUT2D eigenvalue weighted by molar-refractivity contribution is 8.03. The SMILES string of the molecule is CC[N+]1(C(=S)NC)C(CO)=NC(C(C)C)=C1Sc1cccc(Cl)c1. The maximum atomic E-state index is 9.91. The first kappa shape index (κ1) is 19.4. The summed E-state index contributed by atoms with van der Waals surface area (Å²) in [6, 6.07) is 7.74. The molecule has 0 fully saturated rings. The number of hydrogen-bond donors (Lipinski definition) is 2. The van der Waals surface area contributed by atoms with E-state index < -0.39 is 0 Å². The summed E-state index contributed by atoms with van der Waals surface area (Å²) in [6.07, 6.45) is 0. The lowest BCUT2D eigenvalue weighted by atomic mass is 10.1. The van der Waals surface area contributed by atoms with E-state index in [0.717, 1.165) is 15.6 Å². The molecule has 0 aliphatic carbocycles. The van der Waals surface area contributed by atoms with E-state index in [1.807, 2.05) is 31.3 Å². The minimum atomic E-state index is -0.133. The molecular weight excluding hydrogens is 362 g/mol. The Morgan fingerprint density at radius 2 is 2.17 bits per heavy atom. The zero-order chi connectivity index (χ0) is 17.9. The van der Waals surface area contributed by atoms with Gasteiger partial charge in [-0.3, -0.25) is 0 Å². The van der Waals surface area contributed by atoms with Gasteiger partial charge in [0, 0.05) is 35.1 Å². The van der Waals surface area contributed by atoms with Crippen LogP contribution < -0.4 is 5.32 Å². The van der Waals surface area contributed by atoms with Crippen molar-refractivity contribution in [3.63, 3.8) is 0 Å². The summed E-state index contributed by atoms with van der Waals surface area (Å²) >= 11 is 13.4. The fourth-order valence-electron chi connectivity index (χ4n) is 2.76. The van der Waals surface area contributed by atoms with Crippen LogP contribution in [-0.2, 0) is 0 Å². The van der Waals surface area contributed by atoms with Crippen LogP contribution in [0, 0.1) is 5.92 Å². The van der Waals surface area contributed by atoms with Crippen LogP contribution in [0.5, 0.6) is 0 Å². The third kappa shape index (κ3) is 3.39. The Hall–Kier alpha value is -0.920. The topological polar surface area (TPSA) is 44.6 Å². The van der Waals surface area contributed by atoms with Crippen LogP contribution in [0.25, 0.3) is 0 Å². The van der Waals surface area contributed by atoms with Crippen LogP contribution in [0.1, 0.15) is 20.8 Å². The molecule has 1 unspecified atom stereocenters. The number of aliphatic hydroxyl groups is 1. The van der Waals surface area contributed by atoms with E-state index in [0.29, 0.717) is 22.5 Å². The van der Waals surface area contributed by atoms with Crippen molar-refractivity contribution in [3.8, 4) is 0 Å². The molecule has 0 spiro atoms. The van der Waals surface area contributed by atoms with Gasteiger partial charge in [0.15, 0.2) is 0 Å². The molecule has 24 heavy (non-hydrogen) atoms. The smallest absolute Gasteiger partial charge is 0.281 e. The number of thiocarbonyl (C=S) groups is 1. The molecule has 0 bridgehead atoms. The number of rotatable bonds is 5. The zero-order valence-corrected chi connectivity index (χ0v) is 16.7. The lowest BCUT2D eigenvalue weighted by Crippen LogP contribution is -2.58. The lowest BCUT2D eigenvalue weighted by Gasteiger charge is -2.33. The number of nitrogens with zero attached hydrogens (tertiary/aromatic N) is 2. The minimum absolute atomic E-state index is 0.133. The van der Waals surface area contributed by atoms with Gasteiger partial charge in [0.25, 0.3) is 5.11 Å². The summed E-state index contributed by atoms with van der Waals surface area (Å²) in [5.41, 5.74) is 0.962. The van der Waals surface area contributed by atoms with Crippen LogP contribution in [-0.4, -0.2) is 40.7 Å². The molecule has 0 aromatic heterocycles. The monoisotopic (exact) mass is 384 g/mol. The Morgan fingerprint density at radius 3 is 2.67 bits per heavy atom. The molecule has 1 aliphatic rings. The number of aliphatic imine (C=N–C) groups is 1. The third-order valence-corrected chi connectivity index (χ3v) is 5.94. The van der Waals surface area contributed by atoms with Crippen molar-refractivity contribution in [1.29, 1.82) is 0 Å². The van der Waals surface area contributed by atoms with Crippen molar-refractivity contribution in [2.45, 2.75) is 25.7 Å². The van der Waals surface area contributed by atoms with Gasteiger partial charge in [-0.25, -0.2) is 0 Å². The number of halogens is 1. The van der Waals surface area contributed by atoms with Crippen molar-refractivity contribution >= 4 is 46.5 Å². The average Bonchev–Trinajstić information content (AvgIpc) is 2.88. The van der Waals surface area contributed by atoms with Gasteiger partial charge in [0.2, 0.25) is 10.9 Å². The van der Waals surface area contributed by atoms with Gasteiger partial charge >= 0.3 is 0 Å². The maximum Gasteiger partial charge on any atom is 0.281 e. The first-order chi connectivity index (χ1) is 11.4. The van der Waals surface area contributed by atoms with Crippen LogP contribution in [0.2, 0.25) is 5.02 Å². The van der Waals surface area contributed by atoms with Crippen molar-refractivity contribution in [1.82, 2.24) is 5.32 Å². The van der Waals surface area contributed by atoms with Gasteiger partial charge in [-0.2, -0.15) is 9.48 Å². The van der Waals surface area contributed by atoms with Crippen LogP contribution >= 0.6 is 35.6 Å². The predicted octanol–water partition coefficient (Wildman–Crippen LogP) is 4.00. The van der Waals surface area contributed by atoms with E-state index in [4.69, 9.17) is 28.8 Å². The minimum Gasteiger partial charge on any atom is -0.384 e. The molecular formula is C17H23ClN3OS2+. The second-order valence-corrected chi connectivity index (χ2v) is 7.66. The van der Waals surface area contributed by atoms with Gasteiger partial charge in [-0.1, -0.05) is 31.5 Å². The molecule has 130 valence electrons. The van der Waals surface area contributed by atoms with Crippen LogP contribution in [0.4, 0.5) is 0 Å². The third-order valence-electron chi connectivity index (χ3n) is 3.99. The Bertz CT molecular complexity index is 703. The number of nitrogens with one attached hydrogen (secondary N) is 1. The number of benzene rings is 1. The Morgan fingerprint density at radius 1 is 1.46 bits per heavy atom. The van der Waals surface area contributed by atoms with Crippen LogP contribution in [0.3, 0.4) is 0 Å². The number of amidine groups is 1. The molecule has 0 amide bonds. The molecule has 1 aromatic rings. The molecule has 7 heteroatoms. The standard InChI is InChI=1S/C17H22ClN3OS2/c1-5-21(17(23)19-4)14(10-22)20-15(11(2)3)16(21)24-13-8-6-7-12(18)9-13/h6-9,11,22H,5,10H2,1-4H3/p+1. The van der Waals surface area contributed by atoms with E-state index in [9.17, 15) is 5.11 Å². The molecule has 1 heterocycles. The van der Waals surface area contributed by atoms with Gasteiger partial charge in [-0.05, 0) is 36.9 Å². The zero-order valence-electron chi connectivity index (χ0n) is 14.3. The molecule has 1 atom stereocenters. The fraction of sp³-hybridized carbons (Fsp3) is 0.412. The predicted molar refractivity (Wildman–Crippen MR) is 106 cm³/mol. The quantitative estimate of drug-likeness (QED) is 0.594. The number of quaternary nitrogens is 1. The maximum absolute atomic E-state index is 9.91. The summed E-state index contributed by atoms with van der Waals surface area (Å²) < 4.78 is 0.271.